The fraction of sp³-hybridized carbons (Fsp3) is 0.333. The lowest BCUT2D eigenvalue weighted by Crippen LogP contribution is -2.26. The number of carbonyl (C=O) groups is 1. The van der Waals surface area contributed by atoms with E-state index in [0.717, 1.165) is 42.0 Å². The molecule has 1 aromatic heterocycles. The molecule has 1 aliphatic carbocycles. The number of nitrogens with zero attached hydrogens (tertiary/aromatic N) is 4. The summed E-state index contributed by atoms with van der Waals surface area (Å²) in [4.78, 5) is 22.7. The van der Waals surface area contributed by atoms with Gasteiger partial charge >= 0.3 is 0 Å². The number of amides is 1. The van der Waals surface area contributed by atoms with Gasteiger partial charge in [0.25, 0.3) is 0 Å². The number of hydrogen-bond acceptors (Lipinski definition) is 6. The van der Waals surface area contributed by atoms with Crippen LogP contribution in [0.2, 0.25) is 0 Å². The number of hydrogen-bond donors (Lipinski definition) is 2. The summed E-state index contributed by atoms with van der Waals surface area (Å²) in [5.74, 6) is 0.621. The number of carbonyl (C=O) groups excluding carboxylic acids is 1. The number of rotatable bonds is 5. The second-order valence-electron chi connectivity index (χ2n) is 8.03. The molecule has 0 saturated carbocycles. The van der Waals surface area contributed by atoms with Crippen LogP contribution >= 0.6 is 0 Å². The SMILES string of the molecule is CC(=O)Nc1cccc(Nc2nccc(C3=CC(C#N)=C(N4CCCC4)C(C)C3)n2)c1. The van der Waals surface area contributed by atoms with Crippen LogP contribution in [0, 0.1) is 17.2 Å². The maximum atomic E-state index is 11.3. The van der Waals surface area contributed by atoms with Crippen LogP contribution in [-0.2, 0) is 4.79 Å². The van der Waals surface area contributed by atoms with E-state index in [-0.39, 0.29) is 11.8 Å². The van der Waals surface area contributed by atoms with Crippen molar-refractivity contribution in [1.82, 2.24) is 14.9 Å². The molecule has 1 fully saturated rings. The van der Waals surface area contributed by atoms with Crippen molar-refractivity contribution >= 4 is 28.8 Å². The largest absolute Gasteiger partial charge is 0.374 e. The van der Waals surface area contributed by atoms with E-state index in [1.165, 1.54) is 25.5 Å². The Labute approximate surface area is 182 Å². The smallest absolute Gasteiger partial charge is 0.227 e. The topological polar surface area (TPSA) is 93.9 Å². The fourth-order valence-corrected chi connectivity index (χ4v) is 4.31. The van der Waals surface area contributed by atoms with Crippen LogP contribution in [0.1, 0.15) is 38.8 Å². The van der Waals surface area contributed by atoms with E-state index >= 15 is 0 Å². The molecular formula is C24H26N6O. The summed E-state index contributed by atoms with van der Waals surface area (Å²) in [5.41, 5.74) is 5.26. The number of nitrogens with one attached hydrogen (secondary N) is 2. The molecule has 2 aliphatic rings. The first-order valence-electron chi connectivity index (χ1n) is 10.6. The van der Waals surface area contributed by atoms with Gasteiger partial charge in [-0.3, -0.25) is 4.79 Å². The molecule has 1 amide bonds. The third-order valence-electron chi connectivity index (χ3n) is 5.58. The molecule has 2 heterocycles. The molecule has 0 bridgehead atoms. The summed E-state index contributed by atoms with van der Waals surface area (Å²) in [6.07, 6.45) is 6.92. The third-order valence-corrected chi connectivity index (χ3v) is 5.58. The van der Waals surface area contributed by atoms with E-state index in [4.69, 9.17) is 0 Å². The first kappa shape index (κ1) is 20.6. The highest BCUT2D eigenvalue weighted by Crippen LogP contribution is 2.37. The van der Waals surface area contributed by atoms with Gasteiger partial charge in [0.05, 0.1) is 11.3 Å². The predicted octanol–water partition coefficient (Wildman–Crippen LogP) is 4.48. The van der Waals surface area contributed by atoms with Crippen LogP contribution < -0.4 is 10.6 Å². The monoisotopic (exact) mass is 414 g/mol. The van der Waals surface area contributed by atoms with Crippen LogP contribution in [-0.4, -0.2) is 33.9 Å². The maximum absolute atomic E-state index is 11.3. The normalized spacial score (nSPS) is 18.4. The molecule has 2 N–H and O–H groups in total. The molecule has 2 aromatic rings. The van der Waals surface area contributed by atoms with Crippen molar-refractivity contribution in [1.29, 1.82) is 5.26 Å². The second kappa shape index (κ2) is 9.00. The molecule has 4 rings (SSSR count). The molecule has 1 aliphatic heterocycles. The quantitative estimate of drug-likeness (QED) is 0.749. The molecule has 1 aromatic carbocycles. The number of anilines is 3. The molecule has 1 atom stereocenters. The van der Waals surface area contributed by atoms with Crippen LogP contribution in [0.15, 0.2) is 53.9 Å². The zero-order valence-corrected chi connectivity index (χ0v) is 17.9. The summed E-state index contributed by atoms with van der Waals surface area (Å²) in [6.45, 7) is 5.73. The number of allylic oxidation sites excluding steroid dienone is 4. The molecule has 31 heavy (non-hydrogen) atoms. The molecule has 0 radical (unpaired) electrons. The van der Waals surface area contributed by atoms with Crippen LogP contribution in [0.4, 0.5) is 17.3 Å². The van der Waals surface area contributed by atoms with Crippen molar-refractivity contribution in [2.24, 2.45) is 5.92 Å². The highest BCUT2D eigenvalue weighted by Gasteiger charge is 2.27. The van der Waals surface area contributed by atoms with Gasteiger partial charge in [-0.1, -0.05) is 13.0 Å². The van der Waals surface area contributed by atoms with Crippen molar-refractivity contribution in [2.75, 3.05) is 23.7 Å². The van der Waals surface area contributed by atoms with E-state index in [1.54, 1.807) is 6.20 Å². The molecule has 7 heteroatoms. The lowest BCUT2D eigenvalue weighted by Gasteiger charge is -2.31. The average Bonchev–Trinajstić information content (AvgIpc) is 3.27. The van der Waals surface area contributed by atoms with Crippen LogP contribution in [0.3, 0.4) is 0 Å². The fourth-order valence-electron chi connectivity index (χ4n) is 4.31. The van der Waals surface area contributed by atoms with Crippen molar-refractivity contribution in [3.8, 4) is 6.07 Å². The van der Waals surface area contributed by atoms with E-state index in [2.05, 4.69) is 38.5 Å². The summed E-state index contributed by atoms with van der Waals surface area (Å²) >= 11 is 0. The highest BCUT2D eigenvalue weighted by atomic mass is 16.1. The minimum atomic E-state index is -0.122. The van der Waals surface area contributed by atoms with Crippen molar-refractivity contribution in [3.63, 3.8) is 0 Å². The predicted molar refractivity (Wildman–Crippen MR) is 121 cm³/mol. The van der Waals surface area contributed by atoms with Gasteiger partial charge in [0, 0.05) is 49.2 Å². The summed E-state index contributed by atoms with van der Waals surface area (Å²) in [7, 11) is 0. The Bertz CT molecular complexity index is 1090. The van der Waals surface area contributed by atoms with Gasteiger partial charge in [-0.05, 0) is 55.2 Å². The lowest BCUT2D eigenvalue weighted by molar-refractivity contribution is -0.114. The van der Waals surface area contributed by atoms with Gasteiger partial charge in [0.2, 0.25) is 11.9 Å². The Balaban J connectivity index is 1.58. The van der Waals surface area contributed by atoms with Gasteiger partial charge in [-0.2, -0.15) is 5.26 Å². The van der Waals surface area contributed by atoms with E-state index in [0.29, 0.717) is 11.6 Å². The number of aromatic nitrogens is 2. The van der Waals surface area contributed by atoms with Gasteiger partial charge < -0.3 is 15.5 Å². The molecule has 1 unspecified atom stereocenters. The van der Waals surface area contributed by atoms with Gasteiger partial charge in [0.1, 0.15) is 6.07 Å². The summed E-state index contributed by atoms with van der Waals surface area (Å²) < 4.78 is 0. The summed E-state index contributed by atoms with van der Waals surface area (Å²) in [5, 5.41) is 15.8. The second-order valence-corrected chi connectivity index (χ2v) is 8.03. The molecule has 7 nitrogen and oxygen atoms in total. The Morgan fingerprint density at radius 1 is 1.23 bits per heavy atom. The minimum absolute atomic E-state index is 0.122. The van der Waals surface area contributed by atoms with Gasteiger partial charge in [0.15, 0.2) is 0 Å². The van der Waals surface area contributed by atoms with Crippen LogP contribution in [0.5, 0.6) is 0 Å². The average molecular weight is 415 g/mol. The van der Waals surface area contributed by atoms with E-state index < -0.39 is 0 Å². The lowest BCUT2D eigenvalue weighted by atomic mass is 9.86. The molecular weight excluding hydrogens is 388 g/mol. The van der Waals surface area contributed by atoms with E-state index in [1.807, 2.05) is 36.4 Å². The number of benzene rings is 1. The van der Waals surface area contributed by atoms with E-state index in [9.17, 15) is 10.1 Å². The first-order chi connectivity index (χ1) is 15.0. The standard InChI is InChI=1S/C24H26N6O/c1-16-12-18(13-19(15-25)23(16)30-10-3-4-11-30)22-8-9-26-24(29-22)28-21-7-5-6-20(14-21)27-17(2)31/h5-9,13-14,16H,3-4,10-12H2,1-2H3,(H,27,31)(H,26,28,29). The van der Waals surface area contributed by atoms with Gasteiger partial charge in [-0.25, -0.2) is 9.97 Å². The summed E-state index contributed by atoms with van der Waals surface area (Å²) in [6, 6.07) is 11.7. The molecule has 1 saturated heterocycles. The highest BCUT2D eigenvalue weighted by molar-refractivity contribution is 5.89. The van der Waals surface area contributed by atoms with Crippen LogP contribution in [0.25, 0.3) is 5.57 Å². The Morgan fingerprint density at radius 3 is 2.74 bits per heavy atom. The first-order valence-corrected chi connectivity index (χ1v) is 10.6. The minimum Gasteiger partial charge on any atom is -0.374 e. The maximum Gasteiger partial charge on any atom is 0.227 e. The number of nitriles is 1. The Hall–Kier alpha value is -3.66. The Kier molecular flexibility index (Phi) is 5.99. The zero-order valence-electron chi connectivity index (χ0n) is 17.9. The van der Waals surface area contributed by atoms with Crippen molar-refractivity contribution < 1.29 is 4.79 Å². The van der Waals surface area contributed by atoms with Crippen molar-refractivity contribution in [2.45, 2.75) is 33.1 Å². The third kappa shape index (κ3) is 4.75. The van der Waals surface area contributed by atoms with Gasteiger partial charge in [-0.15, -0.1) is 0 Å². The number of likely N-dealkylation sites (tertiary alicyclic amines) is 1. The van der Waals surface area contributed by atoms with Crippen molar-refractivity contribution in [3.05, 3.63) is 59.6 Å². The molecule has 0 spiro atoms. The molecule has 158 valence electrons. The Morgan fingerprint density at radius 2 is 2.00 bits per heavy atom. The zero-order chi connectivity index (χ0) is 21.8.